The number of amides is 2. The Labute approximate surface area is 173 Å². The van der Waals surface area contributed by atoms with Gasteiger partial charge in [-0.3, -0.25) is 9.59 Å². The van der Waals surface area contributed by atoms with Crippen LogP contribution in [-0.2, 0) is 4.79 Å². The number of rotatable bonds is 6. The minimum Gasteiger partial charge on any atom is -0.461 e. The number of aromatic nitrogens is 2. The number of anilines is 2. The molecule has 0 aliphatic rings. The summed E-state index contributed by atoms with van der Waals surface area (Å²) < 4.78 is 5.36. The lowest BCUT2D eigenvalue weighted by molar-refractivity contribution is -0.118. The zero-order valence-corrected chi connectivity index (χ0v) is 17.5. The van der Waals surface area contributed by atoms with E-state index in [-0.39, 0.29) is 17.7 Å². The van der Waals surface area contributed by atoms with Gasteiger partial charge < -0.3 is 15.1 Å². The monoisotopic (exact) mass is 410 g/mol. The van der Waals surface area contributed by atoms with E-state index in [0.29, 0.717) is 39.2 Å². The summed E-state index contributed by atoms with van der Waals surface area (Å²) in [6.07, 6.45) is 3.41. The fourth-order valence-electron chi connectivity index (χ4n) is 2.59. The lowest BCUT2D eigenvalue weighted by Crippen LogP contribution is -2.18. The molecule has 1 aromatic carbocycles. The number of carbonyl (C=O) groups excluding carboxylic acids is 2. The van der Waals surface area contributed by atoms with Gasteiger partial charge >= 0.3 is 0 Å². The second kappa shape index (κ2) is 8.91. The smallest absolute Gasteiger partial charge is 0.260 e. The highest BCUT2D eigenvalue weighted by Gasteiger charge is 2.20. The van der Waals surface area contributed by atoms with E-state index in [1.807, 2.05) is 20.1 Å². The van der Waals surface area contributed by atoms with Crippen LogP contribution in [0.15, 0.2) is 52.1 Å². The molecule has 2 N–H and O–H groups in total. The van der Waals surface area contributed by atoms with Crippen LogP contribution in [0.1, 0.15) is 29.9 Å². The SMILES string of the molecule is CSc1nc(-c2ccco2)nc(C)c1C(=O)Nc1ccc(NC(=O)C(C)C)cc1. The highest BCUT2D eigenvalue weighted by molar-refractivity contribution is 7.98. The molecule has 0 aliphatic heterocycles. The van der Waals surface area contributed by atoms with Crippen molar-refractivity contribution in [1.29, 1.82) is 0 Å². The largest absolute Gasteiger partial charge is 0.461 e. The number of nitrogens with one attached hydrogen (secondary N) is 2. The first-order valence-electron chi connectivity index (χ1n) is 9.07. The topological polar surface area (TPSA) is 97.1 Å². The molecule has 0 atom stereocenters. The first kappa shape index (κ1) is 20.6. The minimum absolute atomic E-state index is 0.0594. The Kier molecular flexibility index (Phi) is 6.33. The van der Waals surface area contributed by atoms with Crippen molar-refractivity contribution in [3.63, 3.8) is 0 Å². The van der Waals surface area contributed by atoms with Gasteiger partial charge in [-0.05, 0) is 49.6 Å². The van der Waals surface area contributed by atoms with Crippen molar-refractivity contribution in [2.75, 3.05) is 16.9 Å². The summed E-state index contributed by atoms with van der Waals surface area (Å²) >= 11 is 1.37. The number of hydrogen-bond donors (Lipinski definition) is 2. The summed E-state index contributed by atoms with van der Waals surface area (Å²) in [6, 6.07) is 10.5. The van der Waals surface area contributed by atoms with Crippen LogP contribution >= 0.6 is 11.8 Å². The van der Waals surface area contributed by atoms with Crippen molar-refractivity contribution >= 4 is 35.0 Å². The Balaban J connectivity index is 1.79. The molecule has 8 heteroatoms. The zero-order valence-electron chi connectivity index (χ0n) is 16.6. The van der Waals surface area contributed by atoms with E-state index < -0.39 is 0 Å². The zero-order chi connectivity index (χ0) is 21.0. The molecule has 29 heavy (non-hydrogen) atoms. The van der Waals surface area contributed by atoms with Gasteiger partial charge in [-0.25, -0.2) is 9.97 Å². The van der Waals surface area contributed by atoms with Crippen molar-refractivity contribution in [3.8, 4) is 11.6 Å². The summed E-state index contributed by atoms with van der Waals surface area (Å²) in [4.78, 5) is 33.5. The van der Waals surface area contributed by atoms with E-state index in [9.17, 15) is 9.59 Å². The maximum absolute atomic E-state index is 12.9. The van der Waals surface area contributed by atoms with Gasteiger partial charge in [0.15, 0.2) is 11.6 Å². The van der Waals surface area contributed by atoms with Crippen LogP contribution in [0.4, 0.5) is 11.4 Å². The fourth-order valence-corrected chi connectivity index (χ4v) is 3.21. The summed E-state index contributed by atoms with van der Waals surface area (Å²) in [6.45, 7) is 5.43. The molecule has 0 fully saturated rings. The molecule has 0 unspecified atom stereocenters. The summed E-state index contributed by atoms with van der Waals surface area (Å²) in [5, 5.41) is 6.25. The lowest BCUT2D eigenvalue weighted by Gasteiger charge is -2.12. The Hall–Kier alpha value is -3.13. The van der Waals surface area contributed by atoms with Gasteiger partial charge in [-0.15, -0.1) is 11.8 Å². The summed E-state index contributed by atoms with van der Waals surface area (Å²) in [7, 11) is 0. The quantitative estimate of drug-likeness (QED) is 0.455. The molecule has 2 aromatic heterocycles. The average molecular weight is 410 g/mol. The molecule has 0 aliphatic carbocycles. The molecule has 0 spiro atoms. The van der Waals surface area contributed by atoms with Gasteiger partial charge in [0, 0.05) is 17.3 Å². The van der Waals surface area contributed by atoms with Crippen LogP contribution < -0.4 is 10.6 Å². The van der Waals surface area contributed by atoms with Crippen molar-refractivity contribution in [2.45, 2.75) is 25.8 Å². The molecular formula is C21H22N4O3S. The molecule has 0 saturated heterocycles. The molecule has 2 amide bonds. The maximum atomic E-state index is 12.9. The molecule has 2 heterocycles. The maximum Gasteiger partial charge on any atom is 0.260 e. The van der Waals surface area contributed by atoms with E-state index in [2.05, 4.69) is 20.6 Å². The Morgan fingerprint density at radius 1 is 1.03 bits per heavy atom. The van der Waals surface area contributed by atoms with Crippen molar-refractivity contribution in [3.05, 3.63) is 53.9 Å². The van der Waals surface area contributed by atoms with E-state index in [1.165, 1.54) is 11.8 Å². The third-order valence-corrected chi connectivity index (χ3v) is 4.84. The third-order valence-electron chi connectivity index (χ3n) is 4.15. The normalized spacial score (nSPS) is 10.8. The molecule has 150 valence electrons. The van der Waals surface area contributed by atoms with Gasteiger partial charge in [-0.2, -0.15) is 0 Å². The number of nitrogens with zero attached hydrogens (tertiary/aromatic N) is 2. The minimum atomic E-state index is -0.295. The number of thioether (sulfide) groups is 1. The first-order valence-corrected chi connectivity index (χ1v) is 10.3. The molecule has 0 bridgehead atoms. The predicted octanol–water partition coefficient (Wildman–Crippen LogP) is 4.61. The number of benzene rings is 1. The number of furan rings is 1. The average Bonchev–Trinajstić information content (AvgIpc) is 3.23. The second-order valence-corrected chi connectivity index (χ2v) is 7.46. The van der Waals surface area contributed by atoms with Crippen LogP contribution in [-0.4, -0.2) is 28.0 Å². The molecule has 0 saturated carbocycles. The van der Waals surface area contributed by atoms with Gasteiger partial charge in [0.2, 0.25) is 5.91 Å². The Morgan fingerprint density at radius 3 is 2.24 bits per heavy atom. The van der Waals surface area contributed by atoms with Crippen LogP contribution in [0.2, 0.25) is 0 Å². The third kappa shape index (κ3) is 4.83. The Morgan fingerprint density at radius 2 is 1.69 bits per heavy atom. The van der Waals surface area contributed by atoms with Crippen molar-refractivity contribution in [2.24, 2.45) is 5.92 Å². The lowest BCUT2D eigenvalue weighted by atomic mass is 10.2. The standard InChI is InChI=1S/C21H22N4O3S/c1-12(2)19(26)23-14-7-9-15(10-8-14)24-20(27)17-13(3)22-18(25-21(17)29-4)16-6-5-11-28-16/h5-12H,1-4H3,(H,23,26)(H,24,27). The summed E-state index contributed by atoms with van der Waals surface area (Å²) in [5.74, 6) is 0.534. The highest BCUT2D eigenvalue weighted by atomic mass is 32.2. The molecule has 3 aromatic rings. The number of carbonyl (C=O) groups is 2. The van der Waals surface area contributed by atoms with Crippen molar-refractivity contribution in [1.82, 2.24) is 9.97 Å². The van der Waals surface area contributed by atoms with Gasteiger partial charge in [0.25, 0.3) is 5.91 Å². The second-order valence-electron chi connectivity index (χ2n) is 6.67. The predicted molar refractivity (Wildman–Crippen MR) is 114 cm³/mol. The van der Waals surface area contributed by atoms with Crippen LogP contribution in [0, 0.1) is 12.8 Å². The number of hydrogen-bond acceptors (Lipinski definition) is 6. The van der Waals surface area contributed by atoms with E-state index in [0.717, 1.165) is 0 Å². The molecular weight excluding hydrogens is 388 g/mol. The summed E-state index contributed by atoms with van der Waals surface area (Å²) in [5.41, 5.74) is 2.27. The van der Waals surface area contributed by atoms with Crippen LogP contribution in [0.25, 0.3) is 11.6 Å². The van der Waals surface area contributed by atoms with Gasteiger partial charge in [0.05, 0.1) is 17.5 Å². The van der Waals surface area contributed by atoms with Gasteiger partial charge in [-0.1, -0.05) is 13.8 Å². The van der Waals surface area contributed by atoms with E-state index in [4.69, 9.17) is 4.42 Å². The molecule has 7 nitrogen and oxygen atoms in total. The number of aryl methyl sites for hydroxylation is 1. The Bertz CT molecular complexity index is 1020. The molecule has 0 radical (unpaired) electrons. The van der Waals surface area contributed by atoms with E-state index in [1.54, 1.807) is 49.6 Å². The van der Waals surface area contributed by atoms with Crippen LogP contribution in [0.3, 0.4) is 0 Å². The van der Waals surface area contributed by atoms with Gasteiger partial charge in [0.1, 0.15) is 5.03 Å². The van der Waals surface area contributed by atoms with Crippen molar-refractivity contribution < 1.29 is 14.0 Å². The molecule has 3 rings (SSSR count). The first-order chi connectivity index (χ1) is 13.9. The fraction of sp³-hybridized carbons (Fsp3) is 0.238. The van der Waals surface area contributed by atoms with E-state index >= 15 is 0 Å². The van der Waals surface area contributed by atoms with Crippen LogP contribution in [0.5, 0.6) is 0 Å². The highest BCUT2D eigenvalue weighted by Crippen LogP contribution is 2.26.